The lowest BCUT2D eigenvalue weighted by Gasteiger charge is -2.26. The van der Waals surface area contributed by atoms with E-state index in [1.807, 2.05) is 0 Å². The summed E-state index contributed by atoms with van der Waals surface area (Å²) in [7, 11) is 1.75. The van der Waals surface area contributed by atoms with E-state index in [2.05, 4.69) is 29.4 Å². The number of fused-ring (bicyclic) bond motifs is 3. The van der Waals surface area contributed by atoms with Gasteiger partial charge in [0.25, 0.3) is 0 Å². The van der Waals surface area contributed by atoms with Crippen LogP contribution in [-0.2, 0) is 11.2 Å². The van der Waals surface area contributed by atoms with Crippen molar-refractivity contribution in [1.82, 2.24) is 5.01 Å². The first-order valence-corrected chi connectivity index (χ1v) is 6.19. The predicted octanol–water partition coefficient (Wildman–Crippen LogP) is 2.21. The van der Waals surface area contributed by atoms with Gasteiger partial charge >= 0.3 is 0 Å². The van der Waals surface area contributed by atoms with E-state index in [1.165, 1.54) is 16.1 Å². The van der Waals surface area contributed by atoms with Gasteiger partial charge in [-0.15, -0.1) is 0 Å². The van der Waals surface area contributed by atoms with Gasteiger partial charge in [-0.25, -0.2) is 5.01 Å². The van der Waals surface area contributed by atoms with E-state index in [9.17, 15) is 4.79 Å². The molecule has 0 saturated heterocycles. The van der Waals surface area contributed by atoms with Gasteiger partial charge in [0.1, 0.15) is 0 Å². The van der Waals surface area contributed by atoms with Crippen molar-refractivity contribution in [3.05, 3.63) is 35.4 Å². The van der Waals surface area contributed by atoms with Crippen molar-refractivity contribution < 1.29 is 4.79 Å². The van der Waals surface area contributed by atoms with Crippen LogP contribution >= 0.6 is 0 Å². The number of hydrogen-bond acceptors (Lipinski definition) is 2. The Morgan fingerprint density at radius 3 is 3.06 bits per heavy atom. The molecule has 1 aromatic rings. The highest BCUT2D eigenvalue weighted by atomic mass is 16.2. The fraction of sp³-hybridized carbons (Fsp3) is 0.429. The van der Waals surface area contributed by atoms with Gasteiger partial charge in [-0.05, 0) is 24.8 Å². The molecule has 88 valence electrons. The standard InChI is InChI=1S/C14H16N2O/c1-16-13(17)9-11-7-4-6-10-5-2-3-8-12(10)14(11)15-16/h2-3,5,8,11H,4,6-7,9H2,1H3/t11-/m1/s1. The van der Waals surface area contributed by atoms with Crippen molar-refractivity contribution in [2.45, 2.75) is 25.7 Å². The predicted molar refractivity (Wildman–Crippen MR) is 66.8 cm³/mol. The maximum Gasteiger partial charge on any atom is 0.243 e. The van der Waals surface area contributed by atoms with E-state index in [1.54, 1.807) is 7.05 Å². The monoisotopic (exact) mass is 228 g/mol. The summed E-state index contributed by atoms with van der Waals surface area (Å²) < 4.78 is 0. The second-order valence-corrected chi connectivity index (χ2v) is 4.85. The number of hydrazone groups is 1. The molecule has 3 rings (SSSR count). The molecule has 1 amide bonds. The number of hydrogen-bond donors (Lipinski definition) is 0. The molecule has 0 saturated carbocycles. The van der Waals surface area contributed by atoms with E-state index in [-0.39, 0.29) is 5.91 Å². The molecule has 0 aromatic heterocycles. The van der Waals surface area contributed by atoms with Gasteiger partial charge in [0.05, 0.1) is 5.71 Å². The Morgan fingerprint density at radius 1 is 1.35 bits per heavy atom. The van der Waals surface area contributed by atoms with Crippen LogP contribution in [0.3, 0.4) is 0 Å². The molecule has 17 heavy (non-hydrogen) atoms. The molecule has 1 aliphatic carbocycles. The lowest BCUT2D eigenvalue weighted by Crippen LogP contribution is -2.34. The second kappa shape index (κ2) is 3.99. The maximum atomic E-state index is 11.7. The molecule has 2 aliphatic rings. The average molecular weight is 228 g/mol. The first kappa shape index (κ1) is 10.5. The number of rotatable bonds is 0. The smallest absolute Gasteiger partial charge is 0.243 e. The van der Waals surface area contributed by atoms with Gasteiger partial charge < -0.3 is 0 Å². The van der Waals surface area contributed by atoms with E-state index in [4.69, 9.17) is 0 Å². The van der Waals surface area contributed by atoms with E-state index in [0.717, 1.165) is 25.0 Å². The summed E-state index contributed by atoms with van der Waals surface area (Å²) in [6.07, 6.45) is 3.94. The number of nitrogens with zero attached hydrogens (tertiary/aromatic N) is 2. The van der Waals surface area contributed by atoms with E-state index >= 15 is 0 Å². The number of carbonyl (C=O) groups is 1. The zero-order valence-electron chi connectivity index (χ0n) is 10.0. The zero-order valence-corrected chi connectivity index (χ0v) is 10.0. The fourth-order valence-corrected chi connectivity index (χ4v) is 2.78. The third kappa shape index (κ3) is 1.75. The molecule has 1 atom stereocenters. The Labute approximate surface area is 101 Å². The first-order chi connectivity index (χ1) is 8.25. The lowest BCUT2D eigenvalue weighted by molar-refractivity contribution is -0.131. The summed E-state index contributed by atoms with van der Waals surface area (Å²) >= 11 is 0. The highest BCUT2D eigenvalue weighted by molar-refractivity contribution is 6.07. The molecule has 3 heteroatoms. The molecule has 0 radical (unpaired) electrons. The summed E-state index contributed by atoms with van der Waals surface area (Å²) in [6.45, 7) is 0. The van der Waals surface area contributed by atoms with Crippen molar-refractivity contribution in [1.29, 1.82) is 0 Å². The maximum absolute atomic E-state index is 11.7. The Balaban J connectivity index is 2.11. The molecule has 0 spiro atoms. The first-order valence-electron chi connectivity index (χ1n) is 6.19. The lowest BCUT2D eigenvalue weighted by atomic mass is 9.90. The van der Waals surface area contributed by atoms with E-state index < -0.39 is 0 Å². The second-order valence-electron chi connectivity index (χ2n) is 4.85. The number of benzene rings is 1. The minimum Gasteiger partial charge on any atom is -0.273 e. The summed E-state index contributed by atoms with van der Waals surface area (Å²) in [4.78, 5) is 11.7. The molecule has 0 bridgehead atoms. The summed E-state index contributed by atoms with van der Waals surface area (Å²) in [5.41, 5.74) is 3.73. The Bertz CT molecular complexity index is 493. The Morgan fingerprint density at radius 2 is 2.18 bits per heavy atom. The average Bonchev–Trinajstić information content (AvgIpc) is 2.50. The highest BCUT2D eigenvalue weighted by Crippen LogP contribution is 2.30. The molecule has 1 aliphatic heterocycles. The van der Waals surface area contributed by atoms with Crippen LogP contribution in [0.25, 0.3) is 0 Å². The van der Waals surface area contributed by atoms with Crippen LogP contribution in [0.1, 0.15) is 30.4 Å². The van der Waals surface area contributed by atoms with Crippen LogP contribution < -0.4 is 0 Å². The largest absolute Gasteiger partial charge is 0.273 e. The van der Waals surface area contributed by atoms with E-state index in [0.29, 0.717) is 12.3 Å². The van der Waals surface area contributed by atoms with Crippen LogP contribution in [0.2, 0.25) is 0 Å². The number of carbonyl (C=O) groups excluding carboxylic acids is 1. The van der Waals surface area contributed by atoms with Crippen molar-refractivity contribution in [2.75, 3.05) is 7.05 Å². The van der Waals surface area contributed by atoms with Crippen LogP contribution in [0.4, 0.5) is 0 Å². The van der Waals surface area contributed by atoms with Crippen LogP contribution in [0.5, 0.6) is 0 Å². The molecule has 0 N–H and O–H groups in total. The molecular weight excluding hydrogens is 212 g/mol. The van der Waals surface area contributed by atoms with Crippen molar-refractivity contribution in [3.63, 3.8) is 0 Å². The van der Waals surface area contributed by atoms with Gasteiger partial charge in [-0.1, -0.05) is 24.3 Å². The fourth-order valence-electron chi connectivity index (χ4n) is 2.78. The quantitative estimate of drug-likeness (QED) is 0.670. The zero-order chi connectivity index (χ0) is 11.8. The molecule has 1 heterocycles. The van der Waals surface area contributed by atoms with Gasteiger partial charge in [0.15, 0.2) is 0 Å². The van der Waals surface area contributed by atoms with Crippen molar-refractivity contribution >= 4 is 11.6 Å². The summed E-state index contributed by atoms with van der Waals surface area (Å²) in [5.74, 6) is 0.459. The summed E-state index contributed by atoms with van der Waals surface area (Å²) in [6, 6.07) is 8.45. The van der Waals surface area contributed by atoms with Gasteiger partial charge in [-0.3, -0.25) is 4.79 Å². The summed E-state index contributed by atoms with van der Waals surface area (Å²) in [5, 5.41) is 5.98. The minimum atomic E-state index is 0.137. The molecule has 3 nitrogen and oxygen atoms in total. The van der Waals surface area contributed by atoms with Crippen LogP contribution in [0.15, 0.2) is 29.4 Å². The van der Waals surface area contributed by atoms with Gasteiger partial charge in [0.2, 0.25) is 5.91 Å². The number of aryl methyl sites for hydroxylation is 1. The van der Waals surface area contributed by atoms with Crippen molar-refractivity contribution in [3.8, 4) is 0 Å². The highest BCUT2D eigenvalue weighted by Gasteiger charge is 2.30. The number of amides is 1. The minimum absolute atomic E-state index is 0.137. The van der Waals surface area contributed by atoms with Crippen LogP contribution in [-0.4, -0.2) is 23.7 Å². The van der Waals surface area contributed by atoms with Crippen LogP contribution in [0, 0.1) is 5.92 Å². The molecular formula is C14H16N2O. The topological polar surface area (TPSA) is 32.7 Å². The molecule has 0 fully saturated rings. The van der Waals surface area contributed by atoms with Gasteiger partial charge in [0, 0.05) is 24.9 Å². The Kier molecular flexibility index (Phi) is 2.46. The van der Waals surface area contributed by atoms with Crippen molar-refractivity contribution in [2.24, 2.45) is 11.0 Å². The molecule has 0 unspecified atom stereocenters. The molecule has 1 aromatic carbocycles. The van der Waals surface area contributed by atoms with Gasteiger partial charge in [-0.2, -0.15) is 5.10 Å². The third-order valence-corrected chi connectivity index (χ3v) is 3.72. The normalized spacial score (nSPS) is 23.6. The Hall–Kier alpha value is -1.64. The SMILES string of the molecule is CN1N=C2c3ccccc3CCC[C@@H]2CC1=O. The third-order valence-electron chi connectivity index (χ3n) is 3.72.